The highest BCUT2D eigenvalue weighted by molar-refractivity contribution is 7.86. The Bertz CT molecular complexity index is 690. The van der Waals surface area contributed by atoms with Crippen LogP contribution in [-0.4, -0.2) is 19.5 Å². The number of carboxylic acid groups (broad SMARTS) is 1. The van der Waals surface area contributed by atoms with E-state index in [1.165, 1.54) is 24.3 Å². The highest BCUT2D eigenvalue weighted by Crippen LogP contribution is 2.16. The molecule has 0 heterocycles. The van der Waals surface area contributed by atoms with Gasteiger partial charge < -0.3 is 9.29 Å². The van der Waals surface area contributed by atoms with Gasteiger partial charge in [0, 0.05) is 0 Å². The fourth-order valence-electron chi connectivity index (χ4n) is 1.61. The molecule has 0 saturated heterocycles. The molecule has 5 nitrogen and oxygen atoms in total. The minimum absolute atomic E-state index is 0.0674. The number of rotatable bonds is 5. The molecule has 6 heteroatoms. The van der Waals surface area contributed by atoms with Crippen LogP contribution < -0.4 is 4.18 Å². The van der Waals surface area contributed by atoms with Crippen molar-refractivity contribution in [2.45, 2.75) is 5.75 Å². The van der Waals surface area contributed by atoms with Crippen molar-refractivity contribution in [1.82, 2.24) is 0 Å². The van der Waals surface area contributed by atoms with E-state index in [2.05, 4.69) is 0 Å². The molecule has 2 aromatic rings. The third kappa shape index (κ3) is 3.83. The van der Waals surface area contributed by atoms with Crippen LogP contribution in [-0.2, 0) is 15.9 Å². The lowest BCUT2D eigenvalue weighted by Gasteiger charge is -2.07. The normalized spacial score (nSPS) is 11.0. The predicted molar refractivity (Wildman–Crippen MR) is 73.1 cm³/mol. The maximum absolute atomic E-state index is 11.8. The lowest BCUT2D eigenvalue weighted by atomic mass is 10.2. The van der Waals surface area contributed by atoms with Gasteiger partial charge in [-0.15, -0.1) is 0 Å². The molecule has 0 amide bonds. The average molecular weight is 292 g/mol. The van der Waals surface area contributed by atoms with E-state index >= 15 is 0 Å². The summed E-state index contributed by atoms with van der Waals surface area (Å²) < 4.78 is 28.6. The summed E-state index contributed by atoms with van der Waals surface area (Å²) in [5.74, 6) is -1.23. The van der Waals surface area contributed by atoms with E-state index in [0.29, 0.717) is 5.56 Å². The Hall–Kier alpha value is -2.34. The second kappa shape index (κ2) is 5.75. The van der Waals surface area contributed by atoms with Gasteiger partial charge in [0.1, 0.15) is 11.5 Å². The Morgan fingerprint density at radius 2 is 1.60 bits per heavy atom. The number of carbonyl (C=O) groups is 1. The summed E-state index contributed by atoms with van der Waals surface area (Å²) in [6.07, 6.45) is 0. The number of carboxylic acids is 1. The van der Waals surface area contributed by atoms with Gasteiger partial charge in [-0.05, 0) is 29.8 Å². The number of hydrogen-bond acceptors (Lipinski definition) is 4. The Labute approximate surface area is 116 Å². The van der Waals surface area contributed by atoms with Crippen LogP contribution in [0.3, 0.4) is 0 Å². The van der Waals surface area contributed by atoms with Gasteiger partial charge in [0.2, 0.25) is 0 Å². The largest absolute Gasteiger partial charge is 0.478 e. The van der Waals surface area contributed by atoms with Crippen LogP contribution in [0.2, 0.25) is 0 Å². The second-order valence-electron chi connectivity index (χ2n) is 4.10. The van der Waals surface area contributed by atoms with Crippen LogP contribution in [0.15, 0.2) is 54.6 Å². The van der Waals surface area contributed by atoms with Crippen LogP contribution in [0, 0.1) is 0 Å². The molecule has 0 saturated carbocycles. The van der Waals surface area contributed by atoms with Crippen LogP contribution >= 0.6 is 0 Å². The van der Waals surface area contributed by atoms with Crippen molar-refractivity contribution >= 4 is 16.1 Å². The van der Waals surface area contributed by atoms with Gasteiger partial charge in [-0.1, -0.05) is 30.3 Å². The zero-order chi connectivity index (χ0) is 14.6. The summed E-state index contributed by atoms with van der Waals surface area (Å²) in [5, 5.41) is 8.74. The molecule has 0 bridgehead atoms. The number of benzene rings is 2. The van der Waals surface area contributed by atoms with Gasteiger partial charge in [0.15, 0.2) is 0 Å². The lowest BCUT2D eigenvalue weighted by molar-refractivity contribution is 0.0697. The predicted octanol–water partition coefficient (Wildman–Crippen LogP) is 2.29. The van der Waals surface area contributed by atoms with Gasteiger partial charge in [-0.2, -0.15) is 8.42 Å². The smallest absolute Gasteiger partial charge is 0.335 e. The zero-order valence-corrected chi connectivity index (χ0v) is 11.2. The highest BCUT2D eigenvalue weighted by atomic mass is 32.2. The zero-order valence-electron chi connectivity index (χ0n) is 10.4. The molecular formula is C14H12O5S. The molecule has 0 atom stereocenters. The van der Waals surface area contributed by atoms with Crippen molar-refractivity contribution in [3.8, 4) is 5.75 Å². The fraction of sp³-hybridized carbons (Fsp3) is 0.0714. The van der Waals surface area contributed by atoms with Gasteiger partial charge in [-0.25, -0.2) is 4.79 Å². The molecule has 0 radical (unpaired) electrons. The van der Waals surface area contributed by atoms with Gasteiger partial charge in [0.25, 0.3) is 0 Å². The van der Waals surface area contributed by atoms with Crippen molar-refractivity contribution in [3.63, 3.8) is 0 Å². The summed E-state index contributed by atoms with van der Waals surface area (Å²) in [6.45, 7) is 0. The number of aromatic carboxylic acids is 1. The summed E-state index contributed by atoms with van der Waals surface area (Å²) in [6, 6.07) is 13.9. The molecule has 0 aliphatic rings. The van der Waals surface area contributed by atoms with Crippen LogP contribution in [0.5, 0.6) is 5.75 Å². The minimum Gasteiger partial charge on any atom is -0.478 e. The molecule has 2 aromatic carbocycles. The molecule has 0 aromatic heterocycles. The van der Waals surface area contributed by atoms with E-state index in [-0.39, 0.29) is 17.1 Å². The summed E-state index contributed by atoms with van der Waals surface area (Å²) in [4.78, 5) is 10.7. The van der Waals surface area contributed by atoms with E-state index in [9.17, 15) is 13.2 Å². The van der Waals surface area contributed by atoms with Gasteiger partial charge in [0.05, 0.1) is 5.56 Å². The van der Waals surface area contributed by atoms with Crippen molar-refractivity contribution in [1.29, 1.82) is 0 Å². The van der Waals surface area contributed by atoms with Gasteiger partial charge >= 0.3 is 16.1 Å². The first-order chi connectivity index (χ1) is 9.46. The molecule has 20 heavy (non-hydrogen) atoms. The summed E-state index contributed by atoms with van der Waals surface area (Å²) >= 11 is 0. The van der Waals surface area contributed by atoms with E-state index in [1.807, 2.05) is 0 Å². The average Bonchev–Trinajstić information content (AvgIpc) is 2.39. The van der Waals surface area contributed by atoms with Crippen LogP contribution in [0.4, 0.5) is 0 Å². The van der Waals surface area contributed by atoms with E-state index in [0.717, 1.165) is 0 Å². The minimum atomic E-state index is -3.77. The molecule has 0 aliphatic heterocycles. The summed E-state index contributed by atoms with van der Waals surface area (Å²) in [5.41, 5.74) is 0.687. The van der Waals surface area contributed by atoms with E-state index < -0.39 is 16.1 Å². The molecule has 0 spiro atoms. The monoisotopic (exact) mass is 292 g/mol. The number of hydrogen-bond donors (Lipinski definition) is 1. The lowest BCUT2D eigenvalue weighted by Crippen LogP contribution is -2.12. The quantitative estimate of drug-likeness (QED) is 0.855. The van der Waals surface area contributed by atoms with Crippen molar-refractivity contribution in [2.24, 2.45) is 0 Å². The molecule has 0 aliphatic carbocycles. The SMILES string of the molecule is O=C(O)c1ccc(OS(=O)(=O)Cc2ccccc2)cc1. The Morgan fingerprint density at radius 1 is 1.00 bits per heavy atom. The van der Waals surface area contributed by atoms with Crippen molar-refractivity contribution in [2.75, 3.05) is 0 Å². The van der Waals surface area contributed by atoms with Gasteiger partial charge in [-0.3, -0.25) is 0 Å². The Balaban J connectivity index is 2.10. The first kappa shape index (κ1) is 14.1. The fourth-order valence-corrected chi connectivity index (χ4v) is 2.67. The van der Waals surface area contributed by atoms with E-state index in [1.54, 1.807) is 30.3 Å². The maximum atomic E-state index is 11.8. The highest BCUT2D eigenvalue weighted by Gasteiger charge is 2.14. The molecule has 1 N–H and O–H groups in total. The second-order valence-corrected chi connectivity index (χ2v) is 5.67. The standard InChI is InChI=1S/C14H12O5S/c15-14(16)12-6-8-13(9-7-12)19-20(17,18)10-11-4-2-1-3-5-11/h1-9H,10H2,(H,15,16). The topological polar surface area (TPSA) is 80.7 Å². The molecule has 0 fully saturated rings. The summed E-state index contributed by atoms with van der Waals surface area (Å²) in [7, 11) is -3.77. The Kier molecular flexibility index (Phi) is 4.05. The first-order valence-corrected chi connectivity index (χ1v) is 7.33. The molecule has 0 unspecified atom stereocenters. The van der Waals surface area contributed by atoms with Crippen molar-refractivity contribution in [3.05, 3.63) is 65.7 Å². The first-order valence-electron chi connectivity index (χ1n) is 5.76. The third-order valence-electron chi connectivity index (χ3n) is 2.51. The van der Waals surface area contributed by atoms with Crippen molar-refractivity contribution < 1.29 is 22.5 Å². The Morgan fingerprint density at radius 3 is 2.15 bits per heavy atom. The molecular weight excluding hydrogens is 280 g/mol. The molecule has 104 valence electrons. The third-order valence-corrected chi connectivity index (χ3v) is 3.64. The van der Waals surface area contributed by atoms with E-state index in [4.69, 9.17) is 9.29 Å². The van der Waals surface area contributed by atoms with Crippen LogP contribution in [0.1, 0.15) is 15.9 Å². The van der Waals surface area contributed by atoms with Crippen LogP contribution in [0.25, 0.3) is 0 Å². The maximum Gasteiger partial charge on any atom is 0.335 e. The molecule has 2 rings (SSSR count).